The van der Waals surface area contributed by atoms with Crippen LogP contribution < -0.4 is 10.1 Å². The first kappa shape index (κ1) is 33.7. The van der Waals surface area contributed by atoms with Crippen molar-refractivity contribution in [2.75, 3.05) is 19.8 Å². The zero-order valence-electron chi connectivity index (χ0n) is 26.3. The number of halogens is 2. The van der Waals surface area contributed by atoms with Crippen molar-refractivity contribution in [3.05, 3.63) is 170 Å². The van der Waals surface area contributed by atoms with Gasteiger partial charge in [0.15, 0.2) is 11.6 Å². The molecular weight excluding hydrogens is 732 g/mol. The molecule has 8 heteroatoms. The van der Waals surface area contributed by atoms with E-state index >= 15 is 0 Å². The van der Waals surface area contributed by atoms with Crippen molar-refractivity contribution in [3.8, 4) is 5.75 Å². The van der Waals surface area contributed by atoms with Gasteiger partial charge in [0, 0.05) is 52.0 Å². The molecule has 0 unspecified atom stereocenters. The van der Waals surface area contributed by atoms with Crippen molar-refractivity contribution in [1.82, 2.24) is 5.32 Å². The number of amides is 1. The summed E-state index contributed by atoms with van der Waals surface area (Å²) in [5, 5.41) is 12.4. The molecule has 0 aromatic heterocycles. The summed E-state index contributed by atoms with van der Waals surface area (Å²) in [7, 11) is 0. The molecule has 2 atom stereocenters. The minimum absolute atomic E-state index is 0.0628. The molecule has 0 saturated carbocycles. The highest BCUT2D eigenvalue weighted by Gasteiger charge is 2.53. The molecule has 1 amide bonds. The average Bonchev–Trinajstić information content (AvgIpc) is 3.51. The van der Waals surface area contributed by atoms with Crippen molar-refractivity contribution in [1.29, 1.82) is 0 Å². The summed E-state index contributed by atoms with van der Waals surface area (Å²) in [4.78, 5) is 20.1. The monoisotopic (exact) mass is 766 g/mol. The lowest BCUT2D eigenvalue weighted by Crippen LogP contribution is -2.50. The van der Waals surface area contributed by atoms with Gasteiger partial charge in [-0.15, -0.1) is 0 Å². The maximum Gasteiger partial charge on any atom is 0.252 e. The zero-order valence-corrected chi connectivity index (χ0v) is 29.4. The van der Waals surface area contributed by atoms with E-state index in [1.54, 1.807) is 0 Å². The van der Waals surface area contributed by atoms with Crippen LogP contribution in [0.15, 0.2) is 147 Å². The number of nitrogens with zero attached hydrogens (tertiary/aromatic N) is 1. The third-order valence-corrected chi connectivity index (χ3v) is 9.73. The second-order valence-electron chi connectivity index (χ2n) is 11.7. The summed E-state index contributed by atoms with van der Waals surface area (Å²) in [5.41, 5.74) is 3.41. The number of aliphatic imine (C=N–C) groups is 1. The molecule has 0 saturated heterocycles. The van der Waals surface area contributed by atoms with E-state index in [1.807, 2.05) is 109 Å². The van der Waals surface area contributed by atoms with Crippen molar-refractivity contribution >= 4 is 43.7 Å². The smallest absolute Gasteiger partial charge is 0.252 e. The third kappa shape index (κ3) is 7.73. The number of hydrogen-bond acceptors (Lipinski definition) is 5. The van der Waals surface area contributed by atoms with Crippen LogP contribution in [0.25, 0.3) is 0 Å². The molecule has 6 nitrogen and oxygen atoms in total. The number of aliphatic hydroxyl groups excluding tert-OH is 1. The normalized spacial score (nSPS) is 17.1. The SMILES string of the molecule is O=C(NCC(c1ccccc1)c1ccccc1)[C@]1(Cc2ccc(Br)cc2)N=C(c2ccc(OCCCO)cc2)O[C@@H]1c1ccccc1Br. The minimum atomic E-state index is -1.33. The summed E-state index contributed by atoms with van der Waals surface area (Å²) in [6, 6.07) is 43.8. The van der Waals surface area contributed by atoms with Crippen molar-refractivity contribution in [2.45, 2.75) is 30.4 Å². The van der Waals surface area contributed by atoms with Crippen molar-refractivity contribution in [3.63, 3.8) is 0 Å². The average molecular weight is 769 g/mol. The number of nitrogens with one attached hydrogen (secondary N) is 1. The van der Waals surface area contributed by atoms with E-state index in [-0.39, 0.29) is 18.4 Å². The molecule has 5 aromatic carbocycles. The summed E-state index contributed by atoms with van der Waals surface area (Å²) in [5.74, 6) is 0.779. The van der Waals surface area contributed by atoms with Gasteiger partial charge in [-0.1, -0.05) is 123 Å². The van der Waals surface area contributed by atoms with Gasteiger partial charge in [-0.25, -0.2) is 4.99 Å². The Labute approximate surface area is 298 Å². The van der Waals surface area contributed by atoms with E-state index in [0.717, 1.165) is 36.8 Å². The van der Waals surface area contributed by atoms with Gasteiger partial charge in [0.05, 0.1) is 6.61 Å². The van der Waals surface area contributed by atoms with Crippen LogP contribution in [0.4, 0.5) is 0 Å². The lowest BCUT2D eigenvalue weighted by Gasteiger charge is -2.32. The van der Waals surface area contributed by atoms with Gasteiger partial charge < -0.3 is 19.9 Å². The molecule has 1 aliphatic heterocycles. The molecule has 0 aliphatic carbocycles. The van der Waals surface area contributed by atoms with E-state index in [2.05, 4.69) is 61.4 Å². The molecule has 244 valence electrons. The molecule has 0 fully saturated rings. The predicted octanol–water partition coefficient (Wildman–Crippen LogP) is 8.42. The second-order valence-corrected chi connectivity index (χ2v) is 13.5. The van der Waals surface area contributed by atoms with Crippen LogP contribution in [-0.2, 0) is 16.0 Å². The molecule has 0 bridgehead atoms. The van der Waals surface area contributed by atoms with E-state index < -0.39 is 11.6 Å². The number of aliphatic hydroxyl groups is 1. The van der Waals surface area contributed by atoms with Gasteiger partial charge in [0.25, 0.3) is 5.91 Å². The Morgan fingerprint density at radius 2 is 1.46 bits per heavy atom. The summed E-state index contributed by atoms with van der Waals surface area (Å²) in [6.07, 6.45) is 0.138. The van der Waals surface area contributed by atoms with Crippen LogP contribution in [0.1, 0.15) is 46.3 Å². The first-order valence-electron chi connectivity index (χ1n) is 15.9. The Morgan fingerprint density at radius 1 is 0.833 bits per heavy atom. The number of ether oxygens (including phenoxy) is 2. The molecule has 0 spiro atoms. The predicted molar refractivity (Wildman–Crippen MR) is 196 cm³/mol. The number of carbonyl (C=O) groups is 1. The highest BCUT2D eigenvalue weighted by atomic mass is 79.9. The largest absolute Gasteiger partial charge is 0.494 e. The van der Waals surface area contributed by atoms with Gasteiger partial charge in [-0.05, 0) is 59.2 Å². The van der Waals surface area contributed by atoms with E-state index in [4.69, 9.17) is 19.6 Å². The van der Waals surface area contributed by atoms with Crippen LogP contribution in [0, 0.1) is 0 Å². The number of benzene rings is 5. The topological polar surface area (TPSA) is 80.2 Å². The van der Waals surface area contributed by atoms with Crippen LogP contribution in [0.3, 0.4) is 0 Å². The number of carbonyl (C=O) groups excluding carboxylic acids is 1. The van der Waals surface area contributed by atoms with Gasteiger partial charge in [-0.3, -0.25) is 4.79 Å². The van der Waals surface area contributed by atoms with Gasteiger partial charge >= 0.3 is 0 Å². The Morgan fingerprint density at radius 3 is 2.08 bits per heavy atom. The van der Waals surface area contributed by atoms with E-state index in [0.29, 0.717) is 37.6 Å². The molecule has 48 heavy (non-hydrogen) atoms. The van der Waals surface area contributed by atoms with Crippen molar-refractivity contribution in [2.24, 2.45) is 4.99 Å². The van der Waals surface area contributed by atoms with Gasteiger partial charge in [0.2, 0.25) is 5.90 Å². The van der Waals surface area contributed by atoms with E-state index in [9.17, 15) is 4.79 Å². The maximum absolute atomic E-state index is 14.9. The standard InChI is InChI=1S/C40H36Br2N2O4/c41-32-20-16-28(17-21-32)26-40(39(46)43-27-35(29-10-3-1-4-11-29)30-12-5-2-6-13-30)37(34-14-7-8-15-36(34)42)48-38(44-40)31-18-22-33(23-19-31)47-25-9-24-45/h1-8,10-23,35,37,45H,9,24-27H2,(H,43,46)/t37-,40-/m1/s1. The molecular formula is C40H36Br2N2O4. The Balaban J connectivity index is 1.41. The number of hydrogen-bond donors (Lipinski definition) is 2. The first-order chi connectivity index (χ1) is 23.5. The Bertz CT molecular complexity index is 1790. The van der Waals surface area contributed by atoms with E-state index in [1.165, 1.54) is 0 Å². The number of rotatable bonds is 13. The summed E-state index contributed by atoms with van der Waals surface area (Å²) < 4.78 is 14.3. The lowest BCUT2D eigenvalue weighted by atomic mass is 9.81. The fourth-order valence-electron chi connectivity index (χ4n) is 6.01. The Kier molecular flexibility index (Phi) is 11.1. The maximum atomic E-state index is 14.9. The molecule has 2 N–H and O–H groups in total. The molecule has 5 aromatic rings. The zero-order chi connectivity index (χ0) is 33.3. The summed E-state index contributed by atoms with van der Waals surface area (Å²) >= 11 is 7.29. The molecule has 1 heterocycles. The molecule has 6 rings (SSSR count). The highest BCUT2D eigenvalue weighted by molar-refractivity contribution is 9.10. The quantitative estimate of drug-likeness (QED) is 0.118. The first-order valence-corrected chi connectivity index (χ1v) is 17.5. The lowest BCUT2D eigenvalue weighted by molar-refractivity contribution is -0.129. The summed E-state index contributed by atoms with van der Waals surface area (Å²) in [6.45, 7) is 0.863. The Hall–Kier alpha value is -4.24. The van der Waals surface area contributed by atoms with Crippen molar-refractivity contribution < 1.29 is 19.4 Å². The van der Waals surface area contributed by atoms with Gasteiger partial charge in [-0.2, -0.15) is 0 Å². The third-order valence-electron chi connectivity index (χ3n) is 8.48. The fourth-order valence-corrected chi connectivity index (χ4v) is 6.76. The minimum Gasteiger partial charge on any atom is -0.494 e. The highest BCUT2D eigenvalue weighted by Crippen LogP contribution is 2.45. The van der Waals surface area contributed by atoms with Gasteiger partial charge in [0.1, 0.15) is 5.75 Å². The fraction of sp³-hybridized carbons (Fsp3) is 0.200. The van der Waals surface area contributed by atoms with Crippen LogP contribution >= 0.6 is 31.9 Å². The molecule has 0 radical (unpaired) electrons. The molecule has 1 aliphatic rings. The van der Waals surface area contributed by atoms with Crippen LogP contribution in [0.5, 0.6) is 5.75 Å². The van der Waals surface area contributed by atoms with Crippen LogP contribution in [-0.4, -0.2) is 42.2 Å². The second kappa shape index (κ2) is 15.8. The van der Waals surface area contributed by atoms with Crippen LogP contribution in [0.2, 0.25) is 0 Å².